The number of amides is 2. The van der Waals surface area contributed by atoms with Crippen LogP contribution in [0.1, 0.15) is 49.7 Å². The Bertz CT molecular complexity index is 872. The zero-order chi connectivity index (χ0) is 19.5. The first-order valence-electron chi connectivity index (χ1n) is 10.1. The van der Waals surface area contributed by atoms with Crippen LogP contribution in [-0.4, -0.2) is 21.1 Å². The van der Waals surface area contributed by atoms with Crippen molar-refractivity contribution in [3.05, 3.63) is 40.3 Å². The van der Waals surface area contributed by atoms with Gasteiger partial charge in [0.2, 0.25) is 5.91 Å². The molecular weight excluding hydrogens is 388 g/mol. The van der Waals surface area contributed by atoms with Crippen molar-refractivity contribution in [3.8, 4) is 0 Å². The average Bonchev–Trinajstić information content (AvgIpc) is 2.90. The number of benzene rings is 1. The normalized spacial score (nSPS) is 35.1. The lowest BCUT2D eigenvalue weighted by Crippen LogP contribution is -2.57. The lowest BCUT2D eigenvalue weighted by atomic mass is 9.49. The summed E-state index contributed by atoms with van der Waals surface area (Å²) in [6, 6.07) is 7.93. The molecule has 0 aromatic heterocycles. The summed E-state index contributed by atoms with van der Waals surface area (Å²) in [7, 11) is 0. The van der Waals surface area contributed by atoms with E-state index in [0.717, 1.165) is 30.4 Å². The number of thiocarbonyl (C=S) groups is 1. The highest BCUT2D eigenvalue weighted by Crippen LogP contribution is 2.60. The minimum absolute atomic E-state index is 0.0000386. The van der Waals surface area contributed by atoms with Gasteiger partial charge in [-0.1, -0.05) is 36.0 Å². The molecule has 2 amide bonds. The van der Waals surface area contributed by atoms with Gasteiger partial charge in [0.1, 0.15) is 0 Å². The van der Waals surface area contributed by atoms with Gasteiger partial charge in [0.05, 0.1) is 10.3 Å². The third-order valence-corrected chi connectivity index (χ3v) is 8.30. The molecule has 1 aliphatic heterocycles. The molecule has 4 saturated carbocycles. The number of thioether (sulfide) groups is 1. The standard InChI is InChI=1S/C22H24N2O2S2/c1-13-4-2-3-5-17(13)9-18-19(25)24(21(27)28-18)23-20(26)22-10-14-6-15(11-22)8-16(7-14)12-22/h2-5,9,14-16H,6-8,10-12H2,1H3,(H,23,26)/b18-9+. The number of hydrogen-bond donors (Lipinski definition) is 1. The van der Waals surface area contributed by atoms with Crippen molar-refractivity contribution in [2.24, 2.45) is 23.2 Å². The van der Waals surface area contributed by atoms with Crippen molar-refractivity contribution >= 4 is 46.2 Å². The molecule has 1 aromatic carbocycles. The fourth-order valence-corrected chi connectivity index (χ4v) is 7.23. The van der Waals surface area contributed by atoms with Gasteiger partial charge in [0.25, 0.3) is 5.91 Å². The van der Waals surface area contributed by atoms with Crippen molar-refractivity contribution in [2.45, 2.75) is 45.4 Å². The maximum atomic E-state index is 13.3. The van der Waals surface area contributed by atoms with Gasteiger partial charge in [0.15, 0.2) is 4.32 Å². The summed E-state index contributed by atoms with van der Waals surface area (Å²) in [5.41, 5.74) is 4.71. The topological polar surface area (TPSA) is 49.4 Å². The first kappa shape index (κ1) is 18.4. The Kier molecular flexibility index (Phi) is 4.40. The Morgan fingerprint density at radius 2 is 1.79 bits per heavy atom. The molecule has 4 aliphatic carbocycles. The van der Waals surface area contributed by atoms with Gasteiger partial charge in [-0.3, -0.25) is 15.0 Å². The van der Waals surface area contributed by atoms with Crippen molar-refractivity contribution in [2.75, 3.05) is 0 Å². The number of hydrazine groups is 1. The maximum absolute atomic E-state index is 13.3. The van der Waals surface area contributed by atoms with Gasteiger partial charge < -0.3 is 0 Å². The molecule has 0 spiro atoms. The van der Waals surface area contributed by atoms with Crippen molar-refractivity contribution < 1.29 is 9.59 Å². The lowest BCUT2D eigenvalue weighted by molar-refractivity contribution is -0.152. The second kappa shape index (κ2) is 6.70. The highest BCUT2D eigenvalue weighted by Gasteiger charge is 2.55. The summed E-state index contributed by atoms with van der Waals surface area (Å²) in [4.78, 5) is 26.8. The summed E-state index contributed by atoms with van der Waals surface area (Å²) >= 11 is 6.68. The number of aryl methyl sites for hydroxylation is 1. The van der Waals surface area contributed by atoms with Crippen LogP contribution in [0.4, 0.5) is 0 Å². The van der Waals surface area contributed by atoms with E-state index in [0.29, 0.717) is 27.0 Å². The highest BCUT2D eigenvalue weighted by molar-refractivity contribution is 8.26. The third kappa shape index (κ3) is 3.01. The number of nitrogens with one attached hydrogen (secondary N) is 1. The molecule has 6 heteroatoms. The van der Waals surface area contributed by atoms with Crippen LogP contribution in [0.3, 0.4) is 0 Å². The highest BCUT2D eigenvalue weighted by atomic mass is 32.2. The minimum Gasteiger partial charge on any atom is -0.273 e. The Balaban J connectivity index is 1.35. The Labute approximate surface area is 175 Å². The number of carbonyl (C=O) groups is 2. The number of carbonyl (C=O) groups excluding carboxylic acids is 2. The van der Waals surface area contributed by atoms with Gasteiger partial charge in [-0.15, -0.1) is 0 Å². The number of rotatable bonds is 3. The van der Waals surface area contributed by atoms with E-state index >= 15 is 0 Å². The van der Waals surface area contributed by atoms with Crippen LogP contribution in [0.25, 0.3) is 6.08 Å². The molecule has 1 aromatic rings. The molecule has 0 radical (unpaired) electrons. The van der Waals surface area contributed by atoms with E-state index in [1.54, 1.807) is 0 Å². The molecule has 1 N–H and O–H groups in total. The Hall–Kier alpha value is -1.66. The second-order valence-corrected chi connectivity index (χ2v) is 10.7. The fourth-order valence-electron chi connectivity index (χ4n) is 6.06. The van der Waals surface area contributed by atoms with E-state index in [9.17, 15) is 9.59 Å². The first-order chi connectivity index (χ1) is 13.4. The zero-order valence-electron chi connectivity index (χ0n) is 15.9. The van der Waals surface area contributed by atoms with Crippen LogP contribution in [0.15, 0.2) is 29.2 Å². The summed E-state index contributed by atoms with van der Waals surface area (Å²) in [5, 5.41) is 1.30. The molecule has 28 heavy (non-hydrogen) atoms. The van der Waals surface area contributed by atoms with Gasteiger partial charge in [-0.05, 0) is 92.6 Å². The number of nitrogens with zero attached hydrogens (tertiary/aromatic N) is 1. The van der Waals surface area contributed by atoms with Crippen LogP contribution in [0.5, 0.6) is 0 Å². The van der Waals surface area contributed by atoms with E-state index < -0.39 is 0 Å². The van der Waals surface area contributed by atoms with E-state index in [2.05, 4.69) is 5.43 Å². The van der Waals surface area contributed by atoms with Gasteiger partial charge in [-0.2, -0.15) is 5.01 Å². The predicted octanol–water partition coefficient (Wildman–Crippen LogP) is 4.44. The van der Waals surface area contributed by atoms with Gasteiger partial charge >= 0.3 is 0 Å². The molecule has 4 nitrogen and oxygen atoms in total. The quantitative estimate of drug-likeness (QED) is 0.589. The average molecular weight is 413 g/mol. The SMILES string of the molecule is Cc1ccccc1/C=C1/SC(=S)N(NC(=O)C23CC4CC(CC(C4)C2)C3)C1=O. The van der Waals surface area contributed by atoms with E-state index in [1.807, 2.05) is 37.3 Å². The smallest absolute Gasteiger partial charge is 0.273 e. The molecule has 4 bridgehead atoms. The third-order valence-electron chi connectivity index (χ3n) is 7.00. The van der Waals surface area contributed by atoms with Crippen LogP contribution < -0.4 is 5.43 Å². The van der Waals surface area contributed by atoms with Crippen molar-refractivity contribution in [1.82, 2.24) is 10.4 Å². The van der Waals surface area contributed by atoms with Crippen LogP contribution in [0.2, 0.25) is 0 Å². The maximum Gasteiger partial charge on any atom is 0.285 e. The fraction of sp³-hybridized carbons (Fsp3) is 0.500. The molecule has 6 rings (SSSR count). The van der Waals surface area contributed by atoms with Gasteiger partial charge in [0, 0.05) is 0 Å². The van der Waals surface area contributed by atoms with Crippen molar-refractivity contribution in [1.29, 1.82) is 0 Å². The molecule has 1 heterocycles. The predicted molar refractivity (Wildman–Crippen MR) is 115 cm³/mol. The van der Waals surface area contributed by atoms with E-state index in [1.165, 1.54) is 36.0 Å². The molecule has 0 atom stereocenters. The van der Waals surface area contributed by atoms with Gasteiger partial charge in [-0.25, -0.2) is 0 Å². The van der Waals surface area contributed by atoms with Crippen molar-refractivity contribution in [3.63, 3.8) is 0 Å². The summed E-state index contributed by atoms with van der Waals surface area (Å²) < 4.78 is 0.405. The number of hydrogen-bond acceptors (Lipinski definition) is 4. The minimum atomic E-state index is -0.294. The Morgan fingerprint density at radius 1 is 1.18 bits per heavy atom. The molecule has 5 fully saturated rings. The molecule has 5 aliphatic rings. The summed E-state index contributed by atoms with van der Waals surface area (Å²) in [6.45, 7) is 2.02. The zero-order valence-corrected chi connectivity index (χ0v) is 17.6. The van der Waals surface area contributed by atoms with E-state index in [4.69, 9.17) is 12.2 Å². The monoisotopic (exact) mass is 412 g/mol. The largest absolute Gasteiger partial charge is 0.285 e. The molecular formula is C22H24N2O2S2. The lowest BCUT2D eigenvalue weighted by Gasteiger charge is -2.55. The molecule has 0 unspecified atom stereocenters. The summed E-state index contributed by atoms with van der Waals surface area (Å²) in [5.74, 6) is 1.83. The van der Waals surface area contributed by atoms with Crippen LogP contribution in [-0.2, 0) is 9.59 Å². The molecule has 146 valence electrons. The second-order valence-electron chi connectivity index (χ2n) is 9.01. The van der Waals surface area contributed by atoms with Crippen LogP contribution in [0, 0.1) is 30.1 Å². The van der Waals surface area contributed by atoms with Crippen LogP contribution >= 0.6 is 24.0 Å². The molecule has 1 saturated heterocycles. The first-order valence-corrected chi connectivity index (χ1v) is 11.3. The Morgan fingerprint density at radius 3 is 2.39 bits per heavy atom. The van der Waals surface area contributed by atoms with E-state index in [-0.39, 0.29) is 17.2 Å². The summed E-state index contributed by atoms with van der Waals surface area (Å²) in [6.07, 6.45) is 8.63.